The van der Waals surface area contributed by atoms with E-state index in [9.17, 15) is 14.4 Å². The van der Waals surface area contributed by atoms with Gasteiger partial charge in [-0.25, -0.2) is 4.79 Å². The van der Waals surface area contributed by atoms with Gasteiger partial charge in [0.1, 0.15) is 11.4 Å². The Morgan fingerprint density at radius 2 is 2.00 bits per heavy atom. The minimum Gasteiger partial charge on any atom is -0.464 e. The zero-order valence-corrected chi connectivity index (χ0v) is 17.0. The highest BCUT2D eigenvalue weighted by molar-refractivity contribution is 6.07. The van der Waals surface area contributed by atoms with Crippen molar-refractivity contribution in [2.75, 3.05) is 7.11 Å². The lowest BCUT2D eigenvalue weighted by atomic mass is 9.97. The number of nitrogens with one attached hydrogen (secondary N) is 1. The van der Waals surface area contributed by atoms with Crippen molar-refractivity contribution in [3.8, 4) is 11.1 Å². The van der Waals surface area contributed by atoms with Crippen molar-refractivity contribution >= 4 is 29.7 Å². The molecule has 1 N–H and O–H groups in total. The summed E-state index contributed by atoms with van der Waals surface area (Å²) in [7, 11) is 1.18. The van der Waals surface area contributed by atoms with E-state index in [1.54, 1.807) is 18.3 Å². The van der Waals surface area contributed by atoms with Gasteiger partial charge in [-0.05, 0) is 36.1 Å². The zero-order chi connectivity index (χ0) is 22.1. The Morgan fingerprint density at radius 3 is 2.77 bits per heavy atom. The van der Waals surface area contributed by atoms with Crippen LogP contribution >= 0.6 is 0 Å². The molecule has 1 aromatic heterocycles. The monoisotopic (exact) mass is 416 g/mol. The Balaban J connectivity index is 1.61. The van der Waals surface area contributed by atoms with Crippen molar-refractivity contribution in [1.29, 1.82) is 0 Å². The average molecular weight is 416 g/mol. The third-order valence-corrected chi connectivity index (χ3v) is 5.25. The second-order valence-corrected chi connectivity index (χ2v) is 7.13. The Bertz CT molecular complexity index is 1180. The van der Waals surface area contributed by atoms with E-state index in [1.807, 2.05) is 18.3 Å². The minimum absolute atomic E-state index is 0.0923. The number of rotatable bonds is 5. The minimum atomic E-state index is -0.776. The molecule has 0 fully saturated rings. The summed E-state index contributed by atoms with van der Waals surface area (Å²) < 4.78 is 4.51. The maximum atomic E-state index is 13.0. The Labute approximate surface area is 178 Å². The Hall–Kier alpha value is -4.07. The molecule has 8 heteroatoms. The third-order valence-electron chi connectivity index (χ3n) is 5.25. The van der Waals surface area contributed by atoms with Crippen LogP contribution in [0, 0.1) is 0 Å². The number of pyridine rings is 1. The van der Waals surface area contributed by atoms with Crippen LogP contribution in [0.5, 0.6) is 0 Å². The number of ether oxygens (including phenoxy) is 1. The molecule has 8 nitrogen and oxygen atoms in total. The molecule has 31 heavy (non-hydrogen) atoms. The topological polar surface area (TPSA) is 101 Å². The third kappa shape index (κ3) is 3.63. The average Bonchev–Trinajstić information content (AvgIpc) is 3.14. The fourth-order valence-electron chi connectivity index (χ4n) is 3.62. The number of carbonyl (C=O) groups excluding carboxylic acids is 3. The lowest BCUT2D eigenvalue weighted by molar-refractivity contribution is -0.137. The predicted molar refractivity (Wildman–Crippen MR) is 114 cm³/mol. The molecule has 0 saturated carbocycles. The summed E-state index contributed by atoms with van der Waals surface area (Å²) in [5.74, 6) is -1.82. The van der Waals surface area contributed by atoms with Crippen molar-refractivity contribution in [1.82, 2.24) is 15.2 Å². The molecule has 0 aliphatic carbocycles. The number of fused-ring (bicyclic) bond motifs is 2. The molecular formula is C23H20N4O4. The van der Waals surface area contributed by atoms with Gasteiger partial charge in [0.25, 0.3) is 11.8 Å². The number of methoxy groups -OCH3 is 1. The Morgan fingerprint density at radius 1 is 1.23 bits per heavy atom. The van der Waals surface area contributed by atoms with Crippen LogP contribution in [0.1, 0.15) is 28.0 Å². The van der Waals surface area contributed by atoms with E-state index in [0.717, 1.165) is 40.9 Å². The molecule has 2 aliphatic heterocycles. The van der Waals surface area contributed by atoms with Gasteiger partial charge in [0.15, 0.2) is 0 Å². The lowest BCUT2D eigenvalue weighted by Gasteiger charge is -2.18. The largest absolute Gasteiger partial charge is 0.464 e. The molecule has 2 aromatic rings. The van der Waals surface area contributed by atoms with Gasteiger partial charge < -0.3 is 10.1 Å². The van der Waals surface area contributed by atoms with Crippen molar-refractivity contribution in [2.45, 2.75) is 19.4 Å². The molecular weight excluding hydrogens is 396 g/mol. The van der Waals surface area contributed by atoms with E-state index < -0.39 is 11.9 Å². The molecule has 3 heterocycles. The summed E-state index contributed by atoms with van der Waals surface area (Å²) in [6.45, 7) is 7.36. The summed E-state index contributed by atoms with van der Waals surface area (Å²) >= 11 is 0. The Kier molecular flexibility index (Phi) is 5.21. The number of aryl methyl sites for hydroxylation is 1. The maximum Gasteiger partial charge on any atom is 0.353 e. The van der Waals surface area contributed by atoms with Gasteiger partial charge in [-0.1, -0.05) is 25.3 Å². The second-order valence-electron chi connectivity index (χ2n) is 7.13. The van der Waals surface area contributed by atoms with Gasteiger partial charge in [0.2, 0.25) is 0 Å². The lowest BCUT2D eigenvalue weighted by Crippen LogP contribution is -2.36. The summed E-state index contributed by atoms with van der Waals surface area (Å²) in [6, 6.07) is 7.38. The standard InChI is InChI=1S/C23H20N4O4/c1-13(23(30)31-3)26-21(28)14(2)27-12-18-16(6-4-7-17(18)22(27)29)15-10-20-19(25-11-15)8-5-9-24-20/h4,6-7,9-11H,1-2,5,8,12H2,3H3,(H,26,28). The number of amides is 2. The molecule has 0 unspecified atom stereocenters. The zero-order valence-electron chi connectivity index (χ0n) is 17.0. The van der Waals surface area contributed by atoms with E-state index in [-0.39, 0.29) is 23.8 Å². The molecule has 156 valence electrons. The van der Waals surface area contributed by atoms with Crippen LogP contribution < -0.4 is 5.32 Å². The first-order chi connectivity index (χ1) is 14.9. The van der Waals surface area contributed by atoms with Crippen LogP contribution in [-0.2, 0) is 27.3 Å². The van der Waals surface area contributed by atoms with Crippen LogP contribution in [0.2, 0.25) is 0 Å². The molecule has 0 radical (unpaired) electrons. The number of hydrogen-bond acceptors (Lipinski definition) is 6. The maximum absolute atomic E-state index is 13.0. The summed E-state index contributed by atoms with van der Waals surface area (Å²) in [5.41, 5.74) is 4.40. The number of aliphatic imine (C=N–C) groups is 1. The molecule has 0 bridgehead atoms. The first kappa shape index (κ1) is 20.2. The van der Waals surface area contributed by atoms with Crippen LogP contribution in [0.25, 0.3) is 11.1 Å². The van der Waals surface area contributed by atoms with Crippen LogP contribution in [-0.4, -0.2) is 41.0 Å². The fourth-order valence-corrected chi connectivity index (χ4v) is 3.62. The number of esters is 1. The normalized spacial score (nSPS) is 14.0. The van der Waals surface area contributed by atoms with Crippen molar-refractivity contribution in [3.05, 3.63) is 71.8 Å². The van der Waals surface area contributed by atoms with E-state index in [0.29, 0.717) is 5.56 Å². The first-order valence-corrected chi connectivity index (χ1v) is 9.63. The van der Waals surface area contributed by atoms with Gasteiger partial charge in [0.05, 0.1) is 25.0 Å². The molecule has 2 aliphatic rings. The van der Waals surface area contributed by atoms with Gasteiger partial charge in [0, 0.05) is 23.5 Å². The molecule has 0 saturated heterocycles. The number of nitrogens with zero attached hydrogens (tertiary/aromatic N) is 3. The predicted octanol–water partition coefficient (Wildman–Crippen LogP) is 2.67. The molecule has 1 aromatic carbocycles. The highest BCUT2D eigenvalue weighted by Gasteiger charge is 2.33. The van der Waals surface area contributed by atoms with E-state index in [2.05, 4.69) is 33.2 Å². The summed E-state index contributed by atoms with van der Waals surface area (Å²) in [4.78, 5) is 47.1. The molecule has 0 spiro atoms. The summed E-state index contributed by atoms with van der Waals surface area (Å²) in [5, 5.41) is 2.31. The van der Waals surface area contributed by atoms with Crippen LogP contribution in [0.15, 0.2) is 60.0 Å². The van der Waals surface area contributed by atoms with Crippen molar-refractivity contribution in [3.63, 3.8) is 0 Å². The smallest absolute Gasteiger partial charge is 0.353 e. The van der Waals surface area contributed by atoms with Crippen LogP contribution in [0.3, 0.4) is 0 Å². The highest BCUT2D eigenvalue weighted by atomic mass is 16.5. The number of benzene rings is 1. The van der Waals surface area contributed by atoms with Crippen LogP contribution in [0.4, 0.5) is 5.69 Å². The molecule has 2 amide bonds. The molecule has 4 rings (SSSR count). The van der Waals surface area contributed by atoms with E-state index >= 15 is 0 Å². The fraction of sp³-hybridized carbons (Fsp3) is 0.174. The van der Waals surface area contributed by atoms with Gasteiger partial charge in [-0.3, -0.25) is 24.5 Å². The van der Waals surface area contributed by atoms with E-state index in [4.69, 9.17) is 0 Å². The molecule has 0 atom stereocenters. The highest BCUT2D eigenvalue weighted by Crippen LogP contribution is 2.36. The SMILES string of the molecule is C=C(NC(=O)C(=C)N1Cc2c(cccc2-c2cnc3c(c2)N=CCC3)C1=O)C(=O)OC. The van der Waals surface area contributed by atoms with E-state index in [1.165, 1.54) is 12.0 Å². The van der Waals surface area contributed by atoms with Crippen molar-refractivity contribution < 1.29 is 19.1 Å². The second kappa shape index (κ2) is 7.98. The first-order valence-electron chi connectivity index (χ1n) is 9.63. The summed E-state index contributed by atoms with van der Waals surface area (Å²) in [6.07, 6.45) is 5.38. The number of hydrogen-bond donors (Lipinski definition) is 1. The van der Waals surface area contributed by atoms with Gasteiger partial charge >= 0.3 is 5.97 Å². The number of carbonyl (C=O) groups is 3. The van der Waals surface area contributed by atoms with Gasteiger partial charge in [-0.15, -0.1) is 0 Å². The van der Waals surface area contributed by atoms with Gasteiger partial charge in [-0.2, -0.15) is 0 Å². The van der Waals surface area contributed by atoms with Crippen molar-refractivity contribution in [2.24, 2.45) is 4.99 Å². The quantitative estimate of drug-likeness (QED) is 0.597. The number of aromatic nitrogens is 1.